The third kappa shape index (κ3) is 3.66. The van der Waals surface area contributed by atoms with Crippen LogP contribution in [0.25, 0.3) is 0 Å². The van der Waals surface area contributed by atoms with E-state index in [1.54, 1.807) is 13.3 Å². The molecule has 5 nitrogen and oxygen atoms in total. The number of pyridine rings is 1. The molecule has 0 amide bonds. The molecule has 5 heteroatoms. The number of hydrazine groups is 1. The molecule has 1 aromatic heterocycles. The smallest absolute Gasteiger partial charge is 0.0892 e. The van der Waals surface area contributed by atoms with Gasteiger partial charge in [-0.1, -0.05) is 0 Å². The summed E-state index contributed by atoms with van der Waals surface area (Å²) in [7, 11) is 1.77. The van der Waals surface area contributed by atoms with Crippen LogP contribution >= 0.6 is 0 Å². The molecule has 0 spiro atoms. The van der Waals surface area contributed by atoms with E-state index in [0.29, 0.717) is 12.7 Å². The van der Waals surface area contributed by atoms with Gasteiger partial charge < -0.3 is 14.9 Å². The maximum absolute atomic E-state index is 5.89. The summed E-state index contributed by atoms with van der Waals surface area (Å²) in [5, 5.41) is 0. The van der Waals surface area contributed by atoms with Gasteiger partial charge in [0.1, 0.15) is 0 Å². The molecule has 100 valence electrons. The maximum atomic E-state index is 5.89. The van der Waals surface area contributed by atoms with Crippen molar-refractivity contribution in [3.63, 3.8) is 0 Å². The molecule has 1 aliphatic carbocycles. The number of nitrogens with two attached hydrogens (primary N) is 1. The molecule has 18 heavy (non-hydrogen) atoms. The zero-order valence-electron chi connectivity index (χ0n) is 10.8. The van der Waals surface area contributed by atoms with Gasteiger partial charge in [-0.3, -0.25) is 10.8 Å². The van der Waals surface area contributed by atoms with Gasteiger partial charge in [0.05, 0.1) is 30.2 Å². The normalized spacial score (nSPS) is 23.9. The first-order valence-electron chi connectivity index (χ1n) is 6.37. The molecular formula is C13H21N3O2. The quantitative estimate of drug-likeness (QED) is 0.617. The molecule has 1 aliphatic rings. The lowest BCUT2D eigenvalue weighted by Crippen LogP contribution is -2.27. The van der Waals surface area contributed by atoms with E-state index in [4.69, 9.17) is 15.3 Å². The highest BCUT2D eigenvalue weighted by atomic mass is 16.5. The van der Waals surface area contributed by atoms with Crippen molar-refractivity contribution in [2.24, 2.45) is 5.84 Å². The van der Waals surface area contributed by atoms with E-state index in [9.17, 15) is 0 Å². The molecule has 0 aromatic carbocycles. The average molecular weight is 251 g/mol. The molecule has 3 N–H and O–H groups in total. The number of nitrogens with one attached hydrogen (secondary N) is 1. The largest absolute Gasteiger partial charge is 0.381 e. The van der Waals surface area contributed by atoms with Crippen molar-refractivity contribution in [2.45, 2.75) is 44.5 Å². The van der Waals surface area contributed by atoms with Gasteiger partial charge in [0.2, 0.25) is 0 Å². The second-order valence-electron chi connectivity index (χ2n) is 4.64. The van der Waals surface area contributed by atoms with Crippen LogP contribution in [-0.4, -0.2) is 24.3 Å². The monoisotopic (exact) mass is 251 g/mol. The van der Waals surface area contributed by atoms with Crippen LogP contribution in [0.1, 0.15) is 31.4 Å². The fourth-order valence-corrected chi connectivity index (χ4v) is 2.32. The third-order valence-electron chi connectivity index (χ3n) is 3.36. The Kier molecular flexibility index (Phi) is 4.92. The Hall–Kier alpha value is -1.17. The Balaban J connectivity index is 1.83. The number of methoxy groups -OCH3 is 1. The molecule has 1 saturated carbocycles. The molecule has 1 aromatic rings. The molecule has 2 unspecified atom stereocenters. The first-order valence-corrected chi connectivity index (χ1v) is 6.37. The summed E-state index contributed by atoms with van der Waals surface area (Å²) < 4.78 is 11.3. The lowest BCUT2D eigenvalue weighted by atomic mass is 9.95. The number of aromatic nitrogens is 1. The zero-order chi connectivity index (χ0) is 12.8. The molecule has 0 aliphatic heterocycles. The highest BCUT2D eigenvalue weighted by Gasteiger charge is 2.22. The molecule has 2 atom stereocenters. The van der Waals surface area contributed by atoms with Crippen LogP contribution in [0.3, 0.4) is 0 Å². The van der Waals surface area contributed by atoms with E-state index < -0.39 is 0 Å². The summed E-state index contributed by atoms with van der Waals surface area (Å²) in [5.74, 6) is 5.36. The molecule has 0 saturated heterocycles. The Labute approximate surface area is 108 Å². The number of nitrogen functional groups attached to an aromatic ring is 1. The number of nitrogens with zero attached hydrogens (tertiary/aromatic N) is 1. The van der Waals surface area contributed by atoms with E-state index in [0.717, 1.165) is 30.6 Å². The fraction of sp³-hybridized carbons (Fsp3) is 0.615. The summed E-state index contributed by atoms with van der Waals surface area (Å²) in [6.45, 7) is 0.524. The minimum absolute atomic E-state index is 0.278. The summed E-state index contributed by atoms with van der Waals surface area (Å²) in [5.41, 5.74) is 4.35. The standard InChI is InChI=1S/C13H21N3O2/c1-17-12-3-2-4-13(8-12)18-9-11-7-10(16-14)5-6-15-11/h5-7,12-13H,2-4,8-9,14H2,1H3,(H,15,16). The van der Waals surface area contributed by atoms with Gasteiger partial charge in [-0.2, -0.15) is 0 Å². The third-order valence-corrected chi connectivity index (χ3v) is 3.36. The highest BCUT2D eigenvalue weighted by molar-refractivity contribution is 5.41. The molecule has 0 radical (unpaired) electrons. The minimum atomic E-state index is 0.278. The van der Waals surface area contributed by atoms with Crippen LogP contribution < -0.4 is 11.3 Å². The first-order chi connectivity index (χ1) is 8.81. The summed E-state index contributed by atoms with van der Waals surface area (Å²) in [6.07, 6.45) is 6.74. The number of hydrogen-bond acceptors (Lipinski definition) is 5. The maximum Gasteiger partial charge on any atom is 0.0892 e. The van der Waals surface area contributed by atoms with Crippen LogP contribution in [0.2, 0.25) is 0 Å². The SMILES string of the molecule is COC1CCCC(OCc2cc(NN)ccn2)C1. The van der Waals surface area contributed by atoms with Crippen LogP contribution in [0.4, 0.5) is 5.69 Å². The van der Waals surface area contributed by atoms with Crippen LogP contribution in [0.5, 0.6) is 0 Å². The van der Waals surface area contributed by atoms with Crippen LogP contribution in [0, 0.1) is 0 Å². The number of hydrogen-bond donors (Lipinski definition) is 2. The van der Waals surface area contributed by atoms with Crippen molar-refractivity contribution < 1.29 is 9.47 Å². The predicted molar refractivity (Wildman–Crippen MR) is 69.9 cm³/mol. The van der Waals surface area contributed by atoms with Gasteiger partial charge in [-0.05, 0) is 37.8 Å². The van der Waals surface area contributed by atoms with Gasteiger partial charge in [-0.15, -0.1) is 0 Å². The molecule has 2 rings (SSSR count). The van der Waals surface area contributed by atoms with Crippen molar-refractivity contribution in [1.82, 2.24) is 4.98 Å². The zero-order valence-corrected chi connectivity index (χ0v) is 10.8. The van der Waals surface area contributed by atoms with Gasteiger partial charge in [0, 0.05) is 13.3 Å². The van der Waals surface area contributed by atoms with E-state index >= 15 is 0 Å². The Morgan fingerprint density at radius 3 is 3.06 bits per heavy atom. The lowest BCUT2D eigenvalue weighted by Gasteiger charge is -2.28. The van der Waals surface area contributed by atoms with Crippen molar-refractivity contribution in [1.29, 1.82) is 0 Å². The highest BCUT2D eigenvalue weighted by Crippen LogP contribution is 2.23. The molecular weight excluding hydrogens is 230 g/mol. The number of rotatable bonds is 5. The van der Waals surface area contributed by atoms with Crippen molar-refractivity contribution in [3.8, 4) is 0 Å². The summed E-state index contributed by atoms with van der Waals surface area (Å²) in [6, 6.07) is 3.72. The van der Waals surface area contributed by atoms with Gasteiger partial charge in [-0.25, -0.2) is 0 Å². The van der Waals surface area contributed by atoms with Crippen molar-refractivity contribution in [2.75, 3.05) is 12.5 Å². The van der Waals surface area contributed by atoms with E-state index in [2.05, 4.69) is 10.4 Å². The van der Waals surface area contributed by atoms with Crippen molar-refractivity contribution in [3.05, 3.63) is 24.0 Å². The van der Waals surface area contributed by atoms with E-state index in [1.165, 1.54) is 6.42 Å². The van der Waals surface area contributed by atoms with E-state index in [1.807, 2.05) is 12.1 Å². The van der Waals surface area contributed by atoms with Crippen LogP contribution in [0.15, 0.2) is 18.3 Å². The van der Waals surface area contributed by atoms with Gasteiger partial charge >= 0.3 is 0 Å². The Morgan fingerprint density at radius 2 is 2.28 bits per heavy atom. The lowest BCUT2D eigenvalue weighted by molar-refractivity contribution is -0.0371. The minimum Gasteiger partial charge on any atom is -0.381 e. The average Bonchev–Trinajstić information content (AvgIpc) is 2.45. The van der Waals surface area contributed by atoms with E-state index in [-0.39, 0.29) is 6.10 Å². The predicted octanol–water partition coefficient (Wildman–Crippen LogP) is 1.84. The van der Waals surface area contributed by atoms with Gasteiger partial charge in [0.25, 0.3) is 0 Å². The second kappa shape index (κ2) is 6.68. The fourth-order valence-electron chi connectivity index (χ4n) is 2.32. The summed E-state index contributed by atoms with van der Waals surface area (Å²) >= 11 is 0. The van der Waals surface area contributed by atoms with Gasteiger partial charge in [0.15, 0.2) is 0 Å². The van der Waals surface area contributed by atoms with Crippen LogP contribution in [-0.2, 0) is 16.1 Å². The first kappa shape index (κ1) is 13.3. The molecule has 1 heterocycles. The summed E-state index contributed by atoms with van der Waals surface area (Å²) in [4.78, 5) is 4.26. The number of anilines is 1. The number of ether oxygens (including phenoxy) is 2. The second-order valence-corrected chi connectivity index (χ2v) is 4.64. The Bertz CT molecular complexity index is 373. The Morgan fingerprint density at radius 1 is 1.44 bits per heavy atom. The molecule has 0 bridgehead atoms. The van der Waals surface area contributed by atoms with Crippen molar-refractivity contribution >= 4 is 5.69 Å². The topological polar surface area (TPSA) is 69.4 Å². The molecule has 1 fully saturated rings.